The number of carboxylic acids is 2. The smallest absolute Gasteiger partial charge is 0.363 e. The lowest BCUT2D eigenvalue weighted by Gasteiger charge is -2.05. The predicted octanol–water partition coefficient (Wildman–Crippen LogP) is -1.53. The van der Waals surface area contributed by atoms with Crippen LogP contribution in [0.1, 0.15) is 0 Å². The van der Waals surface area contributed by atoms with Crippen molar-refractivity contribution in [3.8, 4) is 0 Å². The molecule has 6 nitrogen and oxygen atoms in total. The van der Waals surface area contributed by atoms with Crippen molar-refractivity contribution in [1.82, 2.24) is 0 Å². The molecule has 0 heterocycles. The van der Waals surface area contributed by atoms with Crippen molar-refractivity contribution >= 4 is 33.5 Å². The van der Waals surface area contributed by atoms with Gasteiger partial charge in [-0.1, -0.05) is 21.6 Å². The number of aliphatic carboxylic acids is 2. The van der Waals surface area contributed by atoms with Crippen LogP contribution in [0.15, 0.2) is 0 Å². The van der Waals surface area contributed by atoms with E-state index in [-0.39, 0.29) is 5.75 Å². The summed E-state index contributed by atoms with van der Waals surface area (Å²) in [5, 5.41) is 16.9. The first-order valence-electron chi connectivity index (χ1n) is 3.73. The van der Waals surface area contributed by atoms with E-state index in [0.29, 0.717) is 5.75 Å². The van der Waals surface area contributed by atoms with Crippen LogP contribution in [-0.2, 0) is 9.59 Å². The lowest BCUT2D eigenvalue weighted by molar-refractivity contribution is -0.400. The Bertz CT molecular complexity index is 192. The molecule has 0 rings (SSSR count). The Kier molecular flexibility index (Phi) is 6.71. The quantitative estimate of drug-likeness (QED) is 0.314. The van der Waals surface area contributed by atoms with E-state index >= 15 is 0 Å². The summed E-state index contributed by atoms with van der Waals surface area (Å²) in [6.45, 7) is 0. The monoisotopic (exact) mass is 241 g/mol. The van der Waals surface area contributed by atoms with Gasteiger partial charge in [-0.2, -0.15) is 0 Å². The zero-order chi connectivity index (χ0) is 11.1. The van der Waals surface area contributed by atoms with Gasteiger partial charge in [0.25, 0.3) is 0 Å². The molecule has 0 aromatic rings. The number of nitrogens with two attached hydrogens (primary N) is 1. The zero-order valence-corrected chi connectivity index (χ0v) is 9.01. The van der Waals surface area contributed by atoms with E-state index in [1.807, 2.05) is 0 Å². The number of carboxylic acid groups (broad SMARTS) is 2. The summed E-state index contributed by atoms with van der Waals surface area (Å²) in [5.41, 5.74) is 8.64. The molecule has 0 saturated carbocycles. The molecule has 0 aliphatic carbocycles. The maximum absolute atomic E-state index is 10.3. The van der Waals surface area contributed by atoms with E-state index in [0.717, 1.165) is 0 Å². The molecule has 0 fully saturated rings. The highest BCUT2D eigenvalue weighted by Crippen LogP contribution is 2.21. The van der Waals surface area contributed by atoms with Crippen LogP contribution < -0.4 is 11.5 Å². The summed E-state index contributed by atoms with van der Waals surface area (Å²) in [6.07, 6.45) is 0. The van der Waals surface area contributed by atoms with Gasteiger partial charge in [-0.15, -0.1) is 0 Å². The second-order valence-corrected chi connectivity index (χ2v) is 5.10. The minimum absolute atomic E-state index is 0.256. The molecule has 0 aliphatic rings. The molecule has 2 unspecified atom stereocenters. The van der Waals surface area contributed by atoms with E-state index in [1.54, 1.807) is 0 Å². The Morgan fingerprint density at radius 2 is 1.71 bits per heavy atom. The molecule has 0 spiro atoms. The highest BCUT2D eigenvalue weighted by atomic mass is 33.1. The first-order valence-corrected chi connectivity index (χ1v) is 6.22. The molecular weight excluding hydrogens is 228 g/mol. The van der Waals surface area contributed by atoms with E-state index < -0.39 is 24.0 Å². The number of carbonyl (C=O) groups is 2. The summed E-state index contributed by atoms with van der Waals surface area (Å²) < 4.78 is 0. The fraction of sp³-hybridized carbons (Fsp3) is 0.667. The molecular formula is C6H13N2O4S2+. The summed E-state index contributed by atoms with van der Waals surface area (Å²) >= 11 is 0. The second-order valence-electron chi connectivity index (χ2n) is 2.55. The average molecular weight is 241 g/mol. The molecule has 2 atom stereocenters. The van der Waals surface area contributed by atoms with Crippen molar-refractivity contribution in [2.75, 3.05) is 11.5 Å². The van der Waals surface area contributed by atoms with Gasteiger partial charge in [-0.3, -0.25) is 4.79 Å². The molecule has 0 aromatic heterocycles. The third-order valence-corrected chi connectivity index (χ3v) is 3.78. The number of quaternary nitrogens is 1. The molecule has 0 radical (unpaired) electrons. The van der Waals surface area contributed by atoms with Crippen LogP contribution in [0.3, 0.4) is 0 Å². The van der Waals surface area contributed by atoms with Crippen LogP contribution in [0.5, 0.6) is 0 Å². The minimum Gasteiger partial charge on any atom is -0.480 e. The zero-order valence-electron chi connectivity index (χ0n) is 7.38. The van der Waals surface area contributed by atoms with Gasteiger partial charge in [0.15, 0.2) is 6.04 Å². The SMILES string of the molecule is NC(CSSCC([NH3+])C(=O)O)C(=O)O. The Morgan fingerprint density at radius 1 is 1.21 bits per heavy atom. The molecule has 14 heavy (non-hydrogen) atoms. The third-order valence-electron chi connectivity index (χ3n) is 1.27. The summed E-state index contributed by atoms with van der Waals surface area (Å²) in [5.74, 6) is -1.42. The van der Waals surface area contributed by atoms with Crippen molar-refractivity contribution < 1.29 is 25.5 Å². The largest absolute Gasteiger partial charge is 0.480 e. The number of rotatable bonds is 7. The lowest BCUT2D eigenvalue weighted by atomic mass is 10.4. The highest BCUT2D eigenvalue weighted by Gasteiger charge is 2.16. The molecule has 82 valence electrons. The van der Waals surface area contributed by atoms with Crippen molar-refractivity contribution in [2.24, 2.45) is 5.73 Å². The van der Waals surface area contributed by atoms with Gasteiger partial charge in [-0.05, 0) is 0 Å². The molecule has 0 aromatic carbocycles. The van der Waals surface area contributed by atoms with Crippen molar-refractivity contribution in [3.63, 3.8) is 0 Å². The van der Waals surface area contributed by atoms with E-state index in [2.05, 4.69) is 5.73 Å². The van der Waals surface area contributed by atoms with Crippen LogP contribution in [0.25, 0.3) is 0 Å². The van der Waals surface area contributed by atoms with E-state index in [4.69, 9.17) is 15.9 Å². The minimum atomic E-state index is -1.05. The maximum Gasteiger partial charge on any atom is 0.363 e. The first kappa shape index (κ1) is 13.6. The third kappa shape index (κ3) is 6.08. The fourth-order valence-electron chi connectivity index (χ4n) is 0.394. The molecule has 0 saturated heterocycles. The van der Waals surface area contributed by atoms with Crippen molar-refractivity contribution in [1.29, 1.82) is 0 Å². The van der Waals surface area contributed by atoms with Gasteiger partial charge in [0, 0.05) is 5.75 Å². The highest BCUT2D eigenvalue weighted by molar-refractivity contribution is 8.76. The normalized spacial score (nSPS) is 14.7. The Balaban J connectivity index is 3.47. The molecule has 0 aliphatic heterocycles. The summed E-state index contributed by atoms with van der Waals surface area (Å²) in [7, 11) is 2.51. The standard InChI is InChI=1S/C6H12N2O4S2/c7-3(5(9)10)1-13-14-2-4(8)6(11)12/h3-4H,1-2,7-8H2,(H,9,10)(H,11,12)/p+1. The van der Waals surface area contributed by atoms with Gasteiger partial charge < -0.3 is 21.7 Å². The van der Waals surface area contributed by atoms with Gasteiger partial charge in [0.05, 0.1) is 5.75 Å². The second kappa shape index (κ2) is 6.93. The topological polar surface area (TPSA) is 128 Å². The van der Waals surface area contributed by atoms with E-state index in [1.165, 1.54) is 21.6 Å². The van der Waals surface area contributed by atoms with Crippen LogP contribution >= 0.6 is 21.6 Å². The summed E-state index contributed by atoms with van der Waals surface area (Å²) in [4.78, 5) is 20.6. The first-order chi connectivity index (χ1) is 6.45. The van der Waals surface area contributed by atoms with Crippen molar-refractivity contribution in [3.05, 3.63) is 0 Å². The molecule has 7 N–H and O–H groups in total. The van der Waals surface area contributed by atoms with Gasteiger partial charge in [-0.25, -0.2) is 4.79 Å². The average Bonchev–Trinajstić information content (AvgIpc) is 2.11. The number of hydrogen-bond acceptors (Lipinski definition) is 5. The van der Waals surface area contributed by atoms with Gasteiger partial charge in [0.1, 0.15) is 6.04 Å². The van der Waals surface area contributed by atoms with Crippen LogP contribution in [-0.4, -0.2) is 45.7 Å². The van der Waals surface area contributed by atoms with Crippen molar-refractivity contribution in [2.45, 2.75) is 12.1 Å². The number of hydrogen-bond donors (Lipinski definition) is 4. The van der Waals surface area contributed by atoms with Crippen LogP contribution in [0.4, 0.5) is 0 Å². The lowest BCUT2D eigenvalue weighted by Crippen LogP contribution is -2.66. The molecule has 0 bridgehead atoms. The Hall–Kier alpha value is -0.440. The van der Waals surface area contributed by atoms with Crippen LogP contribution in [0, 0.1) is 0 Å². The molecule has 8 heteroatoms. The van der Waals surface area contributed by atoms with Gasteiger partial charge in [0.2, 0.25) is 0 Å². The summed E-state index contributed by atoms with van der Waals surface area (Å²) in [6, 6.07) is -1.57. The molecule has 0 amide bonds. The van der Waals surface area contributed by atoms with E-state index in [9.17, 15) is 9.59 Å². The van der Waals surface area contributed by atoms with Gasteiger partial charge >= 0.3 is 11.9 Å². The Morgan fingerprint density at radius 3 is 2.14 bits per heavy atom. The fourth-order valence-corrected chi connectivity index (χ4v) is 2.69. The predicted molar refractivity (Wildman–Crippen MR) is 54.8 cm³/mol. The Labute approximate surface area is 88.8 Å². The van der Waals surface area contributed by atoms with Crippen LogP contribution in [0.2, 0.25) is 0 Å². The maximum atomic E-state index is 10.3.